The van der Waals surface area contributed by atoms with Crippen LogP contribution < -0.4 is 27.4 Å². The summed E-state index contributed by atoms with van der Waals surface area (Å²) in [6.45, 7) is 0.405. The predicted octanol–water partition coefficient (Wildman–Crippen LogP) is 1.18. The lowest BCUT2D eigenvalue weighted by Crippen LogP contribution is -2.41. The van der Waals surface area contributed by atoms with E-state index in [2.05, 4.69) is 35.9 Å². The van der Waals surface area contributed by atoms with E-state index in [1.165, 1.54) is 18.3 Å². The van der Waals surface area contributed by atoms with E-state index in [1.807, 2.05) is 22.6 Å². The van der Waals surface area contributed by atoms with Gasteiger partial charge in [-0.2, -0.15) is 9.97 Å². The smallest absolute Gasteiger partial charge is 0.326 e. The van der Waals surface area contributed by atoms with E-state index in [0.717, 1.165) is 3.57 Å². The summed E-state index contributed by atoms with van der Waals surface area (Å²) in [4.78, 5) is 53.5. The highest BCUT2D eigenvalue weighted by atomic mass is 127. The first kappa shape index (κ1) is 31.3. The Hall–Kier alpha value is -4.68. The topological polar surface area (TPSA) is 252 Å². The van der Waals surface area contributed by atoms with Crippen LogP contribution in [0.5, 0.6) is 0 Å². The lowest BCUT2D eigenvalue weighted by atomic mass is 10.1. The minimum absolute atomic E-state index is 0.00585. The minimum Gasteiger partial charge on any atom is -0.480 e. The van der Waals surface area contributed by atoms with Gasteiger partial charge in [0, 0.05) is 32.5 Å². The van der Waals surface area contributed by atoms with E-state index in [-0.39, 0.29) is 53.5 Å². The number of fused-ring (bicyclic) bond motifs is 1. The molecule has 224 valence electrons. The Balaban J connectivity index is 1.27. The van der Waals surface area contributed by atoms with Gasteiger partial charge in [-0.05, 0) is 71.8 Å². The molecule has 10 N–H and O–H groups in total. The van der Waals surface area contributed by atoms with Crippen LogP contribution in [0.25, 0.3) is 11.2 Å². The van der Waals surface area contributed by atoms with Crippen LogP contribution in [0.4, 0.5) is 17.5 Å². The van der Waals surface area contributed by atoms with Gasteiger partial charge in [0.1, 0.15) is 6.04 Å². The molecule has 2 heterocycles. The van der Waals surface area contributed by atoms with Crippen molar-refractivity contribution in [3.63, 3.8) is 0 Å². The Morgan fingerprint density at radius 1 is 0.977 bits per heavy atom. The molecule has 0 aliphatic rings. The molecule has 4 rings (SSSR count). The number of nitrogens with one attached hydrogen (secondary N) is 3. The number of carbonyl (C=O) groups excluding carboxylic acids is 2. The number of aliphatic hydroxyl groups is 2. The van der Waals surface area contributed by atoms with Crippen LogP contribution in [0.15, 0.2) is 48.7 Å². The summed E-state index contributed by atoms with van der Waals surface area (Å²) in [5.41, 5.74) is 13.7. The molecular formula is C27H28IN9O6. The maximum Gasteiger partial charge on any atom is 0.326 e. The molecule has 1 atom stereocenters. The van der Waals surface area contributed by atoms with Crippen molar-refractivity contribution < 1.29 is 29.7 Å². The zero-order valence-corrected chi connectivity index (χ0v) is 24.6. The Labute approximate surface area is 258 Å². The van der Waals surface area contributed by atoms with Crippen molar-refractivity contribution in [3.8, 4) is 0 Å². The molecule has 0 radical (unpaired) electrons. The fraction of sp³-hybridized carbons (Fsp3) is 0.222. The van der Waals surface area contributed by atoms with Crippen molar-refractivity contribution in [1.29, 1.82) is 0 Å². The molecule has 2 amide bonds. The number of aliphatic hydroxyl groups excluding tert-OH is 1. The van der Waals surface area contributed by atoms with E-state index in [4.69, 9.17) is 11.5 Å². The molecule has 0 aliphatic heterocycles. The Morgan fingerprint density at radius 2 is 1.72 bits per heavy atom. The third kappa shape index (κ3) is 8.21. The number of carbonyl (C=O) groups is 3. The van der Waals surface area contributed by atoms with Crippen LogP contribution >= 0.6 is 22.6 Å². The molecule has 0 spiro atoms. The first-order valence-corrected chi connectivity index (χ1v) is 14.0. The molecule has 0 saturated carbocycles. The van der Waals surface area contributed by atoms with Crippen molar-refractivity contribution in [1.82, 2.24) is 30.6 Å². The molecule has 0 bridgehead atoms. The first-order valence-electron chi connectivity index (χ1n) is 12.9. The molecule has 0 fully saturated rings. The van der Waals surface area contributed by atoms with Gasteiger partial charge in [-0.15, -0.1) is 0 Å². The number of anilines is 3. The summed E-state index contributed by atoms with van der Waals surface area (Å²) in [5, 5.41) is 36.9. The zero-order valence-electron chi connectivity index (χ0n) is 22.5. The van der Waals surface area contributed by atoms with E-state index >= 15 is 0 Å². The summed E-state index contributed by atoms with van der Waals surface area (Å²) in [6.07, 6.45) is 0.0107. The fourth-order valence-electron chi connectivity index (χ4n) is 4.05. The van der Waals surface area contributed by atoms with E-state index in [9.17, 15) is 29.7 Å². The summed E-state index contributed by atoms with van der Waals surface area (Å²) >= 11 is 2.00. The fourth-order valence-corrected chi connectivity index (χ4v) is 4.54. The number of amides is 2. The van der Waals surface area contributed by atoms with Crippen LogP contribution in [-0.2, 0) is 11.3 Å². The lowest BCUT2D eigenvalue weighted by molar-refractivity contribution is -0.139. The van der Waals surface area contributed by atoms with Gasteiger partial charge >= 0.3 is 5.97 Å². The third-order valence-electron chi connectivity index (χ3n) is 6.22. The number of rotatable bonds is 12. The van der Waals surface area contributed by atoms with Crippen molar-refractivity contribution in [2.24, 2.45) is 0 Å². The van der Waals surface area contributed by atoms with Crippen molar-refractivity contribution >= 4 is 69.0 Å². The highest BCUT2D eigenvalue weighted by Crippen LogP contribution is 2.20. The number of nitrogens with two attached hydrogens (primary N) is 2. The standard InChI is InChI=1S/C27H28IN9O6/c28-14-5-8-17(25(40)41)18(10-14)24(39)31-9-1-2-19(26(42)43)35-23(38)13-3-6-15(7-4-13)32-11-16-12-33-22-20(34-16)21(29)36-27(30)37-22/h3-8,10,12,19,25,32,40-41H,1-2,9,11H2,(H,31,39)(H,35,38)(H,42,43)(H4,29,30,33,36,37)/t19-/m0/s1. The van der Waals surface area contributed by atoms with Gasteiger partial charge in [0.15, 0.2) is 23.3 Å². The summed E-state index contributed by atoms with van der Waals surface area (Å²) in [6, 6.07) is 9.84. The number of aromatic nitrogens is 4. The van der Waals surface area contributed by atoms with Crippen molar-refractivity contribution in [2.75, 3.05) is 23.3 Å². The minimum atomic E-state index is -1.82. The zero-order chi connectivity index (χ0) is 31.1. The molecular weight excluding hydrogens is 673 g/mol. The van der Waals surface area contributed by atoms with Crippen LogP contribution in [0.1, 0.15) is 51.1 Å². The van der Waals surface area contributed by atoms with Gasteiger partial charge < -0.3 is 42.7 Å². The normalized spacial score (nSPS) is 11.7. The Bertz CT molecular complexity index is 1650. The average Bonchev–Trinajstić information content (AvgIpc) is 2.97. The molecule has 0 saturated heterocycles. The number of halogens is 1. The summed E-state index contributed by atoms with van der Waals surface area (Å²) in [7, 11) is 0. The monoisotopic (exact) mass is 701 g/mol. The average molecular weight is 701 g/mol. The number of aliphatic carboxylic acids is 1. The van der Waals surface area contributed by atoms with Crippen LogP contribution in [-0.4, -0.2) is 65.6 Å². The Morgan fingerprint density at radius 3 is 2.42 bits per heavy atom. The number of carboxylic acid groups (broad SMARTS) is 1. The van der Waals surface area contributed by atoms with Gasteiger partial charge in [-0.3, -0.25) is 9.59 Å². The second kappa shape index (κ2) is 14.0. The number of hydrogen-bond acceptors (Lipinski definition) is 12. The van der Waals surface area contributed by atoms with Crippen LogP contribution in [0.2, 0.25) is 0 Å². The molecule has 2 aromatic carbocycles. The van der Waals surface area contributed by atoms with Gasteiger partial charge in [-0.1, -0.05) is 6.07 Å². The third-order valence-corrected chi connectivity index (χ3v) is 6.89. The van der Waals surface area contributed by atoms with E-state index in [0.29, 0.717) is 23.4 Å². The van der Waals surface area contributed by atoms with Crippen molar-refractivity contribution in [2.45, 2.75) is 31.7 Å². The predicted molar refractivity (Wildman–Crippen MR) is 165 cm³/mol. The van der Waals surface area contributed by atoms with Gasteiger partial charge in [-0.25, -0.2) is 14.8 Å². The first-order chi connectivity index (χ1) is 20.5. The van der Waals surface area contributed by atoms with Gasteiger partial charge in [0.05, 0.1) is 18.4 Å². The number of hydrogen-bond donors (Lipinski definition) is 8. The number of nitrogens with zero attached hydrogens (tertiary/aromatic N) is 4. The number of benzene rings is 2. The molecule has 2 aromatic heterocycles. The van der Waals surface area contributed by atoms with Crippen LogP contribution in [0.3, 0.4) is 0 Å². The van der Waals surface area contributed by atoms with Crippen LogP contribution in [0, 0.1) is 3.57 Å². The van der Waals surface area contributed by atoms with E-state index < -0.39 is 30.1 Å². The molecule has 0 unspecified atom stereocenters. The molecule has 0 aliphatic carbocycles. The van der Waals surface area contributed by atoms with Crippen molar-refractivity contribution in [3.05, 3.63) is 74.6 Å². The number of nitrogen functional groups attached to an aromatic ring is 2. The maximum absolute atomic E-state index is 12.7. The highest BCUT2D eigenvalue weighted by Gasteiger charge is 2.21. The lowest BCUT2D eigenvalue weighted by Gasteiger charge is -2.16. The van der Waals surface area contributed by atoms with Gasteiger partial charge in [0.25, 0.3) is 11.8 Å². The second-order valence-corrected chi connectivity index (χ2v) is 10.5. The largest absolute Gasteiger partial charge is 0.480 e. The summed E-state index contributed by atoms with van der Waals surface area (Å²) in [5.74, 6) is -2.19. The maximum atomic E-state index is 12.7. The quantitative estimate of drug-likeness (QED) is 0.0588. The molecule has 43 heavy (non-hydrogen) atoms. The summed E-state index contributed by atoms with van der Waals surface area (Å²) < 4.78 is 0.733. The number of carboxylic acids is 1. The second-order valence-electron chi connectivity index (χ2n) is 9.30. The van der Waals surface area contributed by atoms with E-state index in [1.54, 1.807) is 30.3 Å². The van der Waals surface area contributed by atoms with Gasteiger partial charge in [0.2, 0.25) is 5.95 Å². The molecule has 15 nitrogen and oxygen atoms in total. The SMILES string of the molecule is Nc1nc(N)c2nc(CNc3ccc(C(=O)N[C@@H](CCCNC(=O)c4cc(I)ccc4C(O)O)C(=O)O)cc3)cnc2n1. The molecule has 4 aromatic rings. The highest BCUT2D eigenvalue weighted by molar-refractivity contribution is 14.1. The Kier molecular flexibility index (Phi) is 10.2. The molecule has 16 heteroatoms.